The van der Waals surface area contributed by atoms with E-state index in [4.69, 9.17) is 14.2 Å². The summed E-state index contributed by atoms with van der Waals surface area (Å²) in [5, 5.41) is 0. The molecule has 0 amide bonds. The average Bonchev–Trinajstić information content (AvgIpc) is 3.43. The molecule has 6 nitrogen and oxygen atoms in total. The van der Waals surface area contributed by atoms with Crippen LogP contribution in [0.2, 0.25) is 0 Å². The molecule has 0 fully saturated rings. The van der Waals surface area contributed by atoms with Crippen LogP contribution in [0.25, 0.3) is 0 Å². The predicted molar refractivity (Wildman–Crippen MR) is 334 cm³/mol. The van der Waals surface area contributed by atoms with Gasteiger partial charge in [-0.15, -0.1) is 0 Å². The van der Waals surface area contributed by atoms with Gasteiger partial charge in [-0.05, 0) is 103 Å². The SMILES string of the molecule is CC/C=C\C/C=C\C/C=C\C/C=C\C/C=C\C/C=C\CCCCCCCCC(=O)OCC(COC(=O)CCCCCCC/C=C\C/C=C\CCCCCC)OC(=O)CCCCCCCCCCCCCCCCCCCC. The van der Waals surface area contributed by atoms with Crippen molar-refractivity contribution in [3.8, 4) is 0 Å². The van der Waals surface area contributed by atoms with Crippen molar-refractivity contribution in [2.75, 3.05) is 13.2 Å². The van der Waals surface area contributed by atoms with Crippen LogP contribution in [0, 0.1) is 0 Å². The molecule has 0 aliphatic heterocycles. The molecule has 6 heteroatoms. The van der Waals surface area contributed by atoms with Crippen molar-refractivity contribution in [2.24, 2.45) is 0 Å². The largest absolute Gasteiger partial charge is 0.462 e. The van der Waals surface area contributed by atoms with Gasteiger partial charge in [-0.1, -0.05) is 291 Å². The summed E-state index contributed by atoms with van der Waals surface area (Å²) in [6, 6.07) is 0. The van der Waals surface area contributed by atoms with Crippen LogP contribution in [-0.2, 0) is 28.6 Å². The van der Waals surface area contributed by atoms with Crippen molar-refractivity contribution in [3.05, 3.63) is 97.2 Å². The van der Waals surface area contributed by atoms with E-state index in [9.17, 15) is 14.4 Å². The highest BCUT2D eigenvalue weighted by molar-refractivity contribution is 5.71. The maximum absolute atomic E-state index is 12.9. The van der Waals surface area contributed by atoms with Crippen molar-refractivity contribution in [2.45, 2.75) is 322 Å². The second-order valence-corrected chi connectivity index (χ2v) is 21.6. The van der Waals surface area contributed by atoms with Gasteiger partial charge in [0.05, 0.1) is 0 Å². The van der Waals surface area contributed by atoms with Crippen molar-refractivity contribution in [1.29, 1.82) is 0 Å². The number of carbonyl (C=O) groups excluding carboxylic acids is 3. The molecule has 0 aromatic heterocycles. The minimum Gasteiger partial charge on any atom is -0.462 e. The summed E-state index contributed by atoms with van der Waals surface area (Å²) >= 11 is 0. The van der Waals surface area contributed by atoms with E-state index >= 15 is 0 Å². The van der Waals surface area contributed by atoms with Gasteiger partial charge < -0.3 is 14.2 Å². The van der Waals surface area contributed by atoms with Crippen LogP contribution in [0.4, 0.5) is 0 Å². The summed E-state index contributed by atoms with van der Waals surface area (Å²) in [5.41, 5.74) is 0. The van der Waals surface area contributed by atoms with E-state index in [0.717, 1.165) is 128 Å². The molecule has 0 radical (unpaired) electrons. The molecule has 77 heavy (non-hydrogen) atoms. The molecule has 0 aliphatic carbocycles. The predicted octanol–water partition coefficient (Wildman–Crippen LogP) is 22.4. The Bertz CT molecular complexity index is 1510. The van der Waals surface area contributed by atoms with E-state index in [0.29, 0.717) is 19.3 Å². The Morgan fingerprint density at radius 3 is 0.805 bits per heavy atom. The van der Waals surface area contributed by atoms with Crippen LogP contribution in [0.1, 0.15) is 316 Å². The highest BCUT2D eigenvalue weighted by Gasteiger charge is 2.19. The standard InChI is InChI=1S/C71H122O6/c1-4-7-10-13-16-19-22-25-28-31-33-34-35-36-37-38-39-41-43-46-49-52-55-58-61-64-70(73)76-67-68(66-75-69(72)63-60-57-54-51-48-45-42-30-27-24-21-18-15-12-9-6-3)77-71(74)65-62-59-56-53-50-47-44-40-32-29-26-23-20-17-14-11-8-5-2/h7,10,16,19,21,24-25,28,30,33-34,36-37,39,41-42,68H,4-6,8-9,11-15,17-18,20,22-23,26-27,29,31-32,35,38,40,43-67H2,1-3H3/b10-7-,19-16-,24-21-,28-25-,34-33-,37-36-,41-39-,42-30-. The minimum absolute atomic E-state index is 0.0874. The minimum atomic E-state index is -0.790. The third kappa shape index (κ3) is 63.0. The van der Waals surface area contributed by atoms with Crippen LogP contribution in [0.3, 0.4) is 0 Å². The molecule has 0 saturated carbocycles. The summed E-state index contributed by atoms with van der Waals surface area (Å²) < 4.78 is 16.9. The zero-order valence-electron chi connectivity index (χ0n) is 50.7. The number of allylic oxidation sites excluding steroid dienone is 16. The van der Waals surface area contributed by atoms with Gasteiger partial charge in [0.15, 0.2) is 6.10 Å². The monoisotopic (exact) mass is 1070 g/mol. The Balaban J connectivity index is 4.40. The van der Waals surface area contributed by atoms with E-state index in [1.165, 1.54) is 148 Å². The van der Waals surface area contributed by atoms with E-state index < -0.39 is 6.10 Å². The summed E-state index contributed by atoms with van der Waals surface area (Å²) in [6.45, 7) is 6.52. The van der Waals surface area contributed by atoms with Crippen LogP contribution < -0.4 is 0 Å². The van der Waals surface area contributed by atoms with E-state index in [2.05, 4.69) is 118 Å². The van der Waals surface area contributed by atoms with Gasteiger partial charge in [0.25, 0.3) is 0 Å². The zero-order valence-corrected chi connectivity index (χ0v) is 50.7. The normalized spacial score (nSPS) is 12.7. The van der Waals surface area contributed by atoms with Gasteiger partial charge in [-0.3, -0.25) is 14.4 Å². The third-order valence-corrected chi connectivity index (χ3v) is 14.1. The van der Waals surface area contributed by atoms with Crippen LogP contribution in [0.15, 0.2) is 97.2 Å². The van der Waals surface area contributed by atoms with Crippen LogP contribution >= 0.6 is 0 Å². The molecule has 0 aromatic carbocycles. The smallest absolute Gasteiger partial charge is 0.306 e. The molecule has 0 rings (SSSR count). The number of rotatable bonds is 59. The summed E-state index contributed by atoms with van der Waals surface area (Å²) in [7, 11) is 0. The summed E-state index contributed by atoms with van der Waals surface area (Å²) in [6.07, 6.45) is 86.9. The van der Waals surface area contributed by atoms with E-state index in [1.807, 2.05) is 0 Å². The maximum atomic E-state index is 12.9. The molecular weight excluding hydrogens is 949 g/mol. The average molecular weight is 1070 g/mol. The Labute approximate surface area is 477 Å². The number of ether oxygens (including phenoxy) is 3. The number of unbranched alkanes of at least 4 members (excludes halogenated alkanes) is 32. The Hall–Kier alpha value is -3.67. The molecule has 442 valence electrons. The van der Waals surface area contributed by atoms with E-state index in [-0.39, 0.29) is 31.1 Å². The molecule has 0 heterocycles. The first-order valence-electron chi connectivity index (χ1n) is 32.7. The lowest BCUT2D eigenvalue weighted by Gasteiger charge is -2.18. The number of carbonyl (C=O) groups is 3. The van der Waals surface area contributed by atoms with Gasteiger partial charge in [-0.25, -0.2) is 0 Å². The third-order valence-electron chi connectivity index (χ3n) is 14.1. The van der Waals surface area contributed by atoms with Gasteiger partial charge in [0, 0.05) is 19.3 Å². The first-order valence-corrected chi connectivity index (χ1v) is 32.7. The molecule has 0 aromatic rings. The fraction of sp³-hybridized carbons (Fsp3) is 0.732. The lowest BCUT2D eigenvalue weighted by atomic mass is 10.0. The van der Waals surface area contributed by atoms with Crippen molar-refractivity contribution in [3.63, 3.8) is 0 Å². The van der Waals surface area contributed by atoms with Gasteiger partial charge in [0.2, 0.25) is 0 Å². The topological polar surface area (TPSA) is 78.9 Å². The second kappa shape index (κ2) is 64.9. The van der Waals surface area contributed by atoms with Crippen molar-refractivity contribution in [1.82, 2.24) is 0 Å². The highest BCUT2D eigenvalue weighted by Crippen LogP contribution is 2.17. The maximum Gasteiger partial charge on any atom is 0.306 e. The van der Waals surface area contributed by atoms with E-state index in [1.54, 1.807) is 0 Å². The highest BCUT2D eigenvalue weighted by atomic mass is 16.6. The Morgan fingerprint density at radius 2 is 0.506 bits per heavy atom. The van der Waals surface area contributed by atoms with Gasteiger partial charge in [0.1, 0.15) is 13.2 Å². The molecule has 0 aliphatic rings. The molecule has 0 bridgehead atoms. The van der Waals surface area contributed by atoms with Crippen LogP contribution in [0.5, 0.6) is 0 Å². The van der Waals surface area contributed by atoms with Gasteiger partial charge in [-0.2, -0.15) is 0 Å². The molecule has 0 spiro atoms. The first-order chi connectivity index (χ1) is 38.0. The van der Waals surface area contributed by atoms with Crippen molar-refractivity contribution < 1.29 is 28.6 Å². The lowest BCUT2D eigenvalue weighted by Crippen LogP contribution is -2.30. The number of hydrogen-bond donors (Lipinski definition) is 0. The molecule has 1 unspecified atom stereocenters. The zero-order chi connectivity index (χ0) is 55.7. The second-order valence-electron chi connectivity index (χ2n) is 21.6. The Morgan fingerprint density at radius 1 is 0.273 bits per heavy atom. The summed E-state index contributed by atoms with van der Waals surface area (Å²) in [4.78, 5) is 38.4. The Kier molecular flexibility index (Phi) is 61.8. The summed E-state index contributed by atoms with van der Waals surface area (Å²) in [5.74, 6) is -0.901. The van der Waals surface area contributed by atoms with Crippen molar-refractivity contribution >= 4 is 17.9 Å². The lowest BCUT2D eigenvalue weighted by molar-refractivity contribution is -0.167. The van der Waals surface area contributed by atoms with Crippen LogP contribution in [-0.4, -0.2) is 37.2 Å². The van der Waals surface area contributed by atoms with Gasteiger partial charge >= 0.3 is 17.9 Å². The fourth-order valence-electron chi connectivity index (χ4n) is 9.18. The molecule has 1 atom stereocenters. The first kappa shape index (κ1) is 73.3. The number of esters is 3. The quantitative estimate of drug-likeness (QED) is 0.0261. The fourth-order valence-corrected chi connectivity index (χ4v) is 9.18. The molecule has 0 saturated heterocycles. The molecular formula is C71H122O6. The number of hydrogen-bond acceptors (Lipinski definition) is 6. The molecule has 0 N–H and O–H groups in total.